The van der Waals surface area contributed by atoms with Gasteiger partial charge in [0.1, 0.15) is 6.04 Å². The monoisotopic (exact) mass is 408 g/mol. The maximum absolute atomic E-state index is 12.5. The minimum absolute atomic E-state index is 0.0560. The quantitative estimate of drug-likeness (QED) is 0.804. The van der Waals surface area contributed by atoms with Gasteiger partial charge in [-0.3, -0.25) is 4.79 Å². The Kier molecular flexibility index (Phi) is 5.02. The number of anilines is 2. The summed E-state index contributed by atoms with van der Waals surface area (Å²) in [7, 11) is 0. The highest BCUT2D eigenvalue weighted by atomic mass is 35.5. The normalized spacial score (nSPS) is 23.7. The van der Waals surface area contributed by atoms with Gasteiger partial charge in [0.15, 0.2) is 5.82 Å². The number of piperidine rings is 1. The number of nitrogens with one attached hydrogen (secondary N) is 2. The van der Waals surface area contributed by atoms with Crippen molar-refractivity contribution in [2.75, 3.05) is 23.3 Å². The van der Waals surface area contributed by atoms with Crippen molar-refractivity contribution in [3.05, 3.63) is 58.8 Å². The van der Waals surface area contributed by atoms with Crippen molar-refractivity contribution in [2.24, 2.45) is 0 Å². The first-order chi connectivity index (χ1) is 14.2. The van der Waals surface area contributed by atoms with Crippen LogP contribution in [0, 0.1) is 0 Å². The van der Waals surface area contributed by atoms with Crippen LogP contribution in [-0.4, -0.2) is 36.1 Å². The fourth-order valence-electron chi connectivity index (χ4n) is 4.67. The third-order valence-corrected chi connectivity index (χ3v) is 6.38. The van der Waals surface area contributed by atoms with Gasteiger partial charge >= 0.3 is 0 Å². The minimum Gasteiger partial charge on any atom is -0.343 e. The molecule has 0 saturated carbocycles. The summed E-state index contributed by atoms with van der Waals surface area (Å²) in [6.07, 6.45) is 9.27. The lowest BCUT2D eigenvalue weighted by atomic mass is 9.94. The molecule has 6 heteroatoms. The molecule has 29 heavy (non-hydrogen) atoms. The average Bonchev–Trinajstić information content (AvgIpc) is 2.74. The minimum atomic E-state index is -0.0560. The van der Waals surface area contributed by atoms with Crippen LogP contribution in [0.25, 0.3) is 5.57 Å². The largest absolute Gasteiger partial charge is 0.343 e. The van der Waals surface area contributed by atoms with Crippen molar-refractivity contribution < 1.29 is 4.79 Å². The Morgan fingerprint density at radius 3 is 2.93 bits per heavy atom. The lowest BCUT2D eigenvalue weighted by Crippen LogP contribution is -2.51. The Labute approximate surface area is 176 Å². The van der Waals surface area contributed by atoms with Gasteiger partial charge in [0, 0.05) is 23.8 Å². The van der Waals surface area contributed by atoms with Crippen molar-refractivity contribution in [1.82, 2.24) is 10.3 Å². The van der Waals surface area contributed by atoms with Crippen LogP contribution in [0.15, 0.2) is 42.6 Å². The highest BCUT2D eigenvalue weighted by Crippen LogP contribution is 2.35. The fourth-order valence-corrected chi connectivity index (χ4v) is 4.80. The number of benzene rings is 1. The molecule has 0 spiro atoms. The highest BCUT2D eigenvalue weighted by Gasteiger charge is 2.35. The first-order valence-electron chi connectivity index (χ1n) is 10.4. The van der Waals surface area contributed by atoms with Crippen LogP contribution < -0.4 is 15.5 Å². The summed E-state index contributed by atoms with van der Waals surface area (Å²) < 4.78 is 0. The zero-order valence-electron chi connectivity index (χ0n) is 16.3. The number of hydrogen-bond donors (Lipinski definition) is 2. The molecule has 2 atom stereocenters. The Hall–Kier alpha value is -2.37. The highest BCUT2D eigenvalue weighted by molar-refractivity contribution is 6.30. The van der Waals surface area contributed by atoms with E-state index in [4.69, 9.17) is 16.6 Å². The van der Waals surface area contributed by atoms with Gasteiger partial charge in [0.05, 0.1) is 5.69 Å². The predicted molar refractivity (Wildman–Crippen MR) is 117 cm³/mol. The molecule has 3 aliphatic rings. The third-order valence-electron chi connectivity index (χ3n) is 6.13. The van der Waals surface area contributed by atoms with E-state index in [0.717, 1.165) is 67.3 Å². The summed E-state index contributed by atoms with van der Waals surface area (Å²) in [5.74, 6) is 1.03. The molecular weight excluding hydrogens is 384 g/mol. The zero-order valence-corrected chi connectivity index (χ0v) is 17.1. The van der Waals surface area contributed by atoms with Crippen LogP contribution >= 0.6 is 11.6 Å². The van der Waals surface area contributed by atoms with E-state index in [2.05, 4.69) is 39.8 Å². The van der Waals surface area contributed by atoms with Gasteiger partial charge in [-0.25, -0.2) is 4.98 Å². The topological polar surface area (TPSA) is 57.3 Å². The Morgan fingerprint density at radius 1 is 1.21 bits per heavy atom. The SMILES string of the molecule is O=C1Nc2cc(CC3C=C(c4ccc(Cl)cc4)CCN3)cnc2N2CCCCC12. The van der Waals surface area contributed by atoms with E-state index in [1.165, 1.54) is 11.1 Å². The molecule has 1 saturated heterocycles. The molecule has 5 rings (SSSR count). The number of carbonyl (C=O) groups is 1. The van der Waals surface area contributed by atoms with Gasteiger partial charge in [-0.1, -0.05) is 29.8 Å². The molecule has 1 amide bonds. The zero-order chi connectivity index (χ0) is 19.8. The van der Waals surface area contributed by atoms with Gasteiger partial charge in [-0.2, -0.15) is 0 Å². The number of hydrogen-bond acceptors (Lipinski definition) is 4. The Balaban J connectivity index is 1.36. The average molecular weight is 409 g/mol. The molecule has 3 aliphatic heterocycles. The second-order valence-corrected chi connectivity index (χ2v) is 8.56. The molecule has 2 N–H and O–H groups in total. The van der Waals surface area contributed by atoms with Crippen molar-refractivity contribution in [2.45, 2.75) is 44.2 Å². The molecule has 0 bridgehead atoms. The van der Waals surface area contributed by atoms with Crippen molar-refractivity contribution in [3.8, 4) is 0 Å². The van der Waals surface area contributed by atoms with E-state index >= 15 is 0 Å². The molecule has 150 valence electrons. The molecule has 5 nitrogen and oxygen atoms in total. The second-order valence-electron chi connectivity index (χ2n) is 8.12. The maximum atomic E-state index is 12.5. The summed E-state index contributed by atoms with van der Waals surface area (Å²) in [4.78, 5) is 19.4. The number of pyridine rings is 1. The number of amides is 1. The van der Waals surface area contributed by atoms with Crippen molar-refractivity contribution in [1.29, 1.82) is 0 Å². The van der Waals surface area contributed by atoms with Crippen LogP contribution in [0.4, 0.5) is 11.5 Å². The van der Waals surface area contributed by atoms with Gasteiger partial charge in [-0.15, -0.1) is 0 Å². The number of nitrogens with zero attached hydrogens (tertiary/aromatic N) is 2. The van der Waals surface area contributed by atoms with E-state index in [9.17, 15) is 4.79 Å². The Bertz CT molecular complexity index is 956. The molecule has 2 aromatic rings. The van der Waals surface area contributed by atoms with Crippen molar-refractivity contribution in [3.63, 3.8) is 0 Å². The molecular formula is C23H25ClN4O. The molecule has 4 heterocycles. The predicted octanol–water partition coefficient (Wildman–Crippen LogP) is 4.03. The van der Waals surface area contributed by atoms with E-state index < -0.39 is 0 Å². The molecule has 0 aliphatic carbocycles. The van der Waals surface area contributed by atoms with Crippen LogP contribution in [0.5, 0.6) is 0 Å². The Morgan fingerprint density at radius 2 is 2.07 bits per heavy atom. The second kappa shape index (κ2) is 7.81. The van der Waals surface area contributed by atoms with E-state index in [-0.39, 0.29) is 18.0 Å². The van der Waals surface area contributed by atoms with Gasteiger partial charge in [0.25, 0.3) is 0 Å². The molecule has 1 aromatic heterocycles. The van der Waals surface area contributed by atoms with Crippen LogP contribution in [0.3, 0.4) is 0 Å². The molecule has 1 aromatic carbocycles. The number of aromatic nitrogens is 1. The van der Waals surface area contributed by atoms with E-state index in [0.29, 0.717) is 0 Å². The summed E-state index contributed by atoms with van der Waals surface area (Å²) in [6, 6.07) is 10.3. The molecule has 0 radical (unpaired) electrons. The third kappa shape index (κ3) is 3.77. The fraction of sp³-hybridized carbons (Fsp3) is 0.391. The van der Waals surface area contributed by atoms with Crippen molar-refractivity contribution >= 4 is 34.6 Å². The lowest BCUT2D eigenvalue weighted by Gasteiger charge is -2.40. The standard InChI is InChI=1S/C23H25ClN4O/c24-18-6-4-16(5-7-18)17-8-9-25-19(13-17)11-15-12-20-22(26-14-15)28-10-2-1-3-21(28)23(29)27-20/h4-7,12-14,19,21,25H,1-3,8-11H2,(H,27,29). The number of halogens is 1. The van der Waals surface area contributed by atoms with E-state index in [1.54, 1.807) is 0 Å². The van der Waals surface area contributed by atoms with Gasteiger partial charge < -0.3 is 15.5 Å². The summed E-state index contributed by atoms with van der Waals surface area (Å²) in [5, 5.41) is 7.43. The summed E-state index contributed by atoms with van der Waals surface area (Å²) in [5.41, 5.74) is 4.56. The number of rotatable bonds is 3. The first kappa shape index (κ1) is 18.6. The first-order valence-corrected chi connectivity index (χ1v) is 10.8. The number of carbonyl (C=O) groups excluding carboxylic acids is 1. The maximum Gasteiger partial charge on any atom is 0.247 e. The van der Waals surface area contributed by atoms with Crippen LogP contribution in [-0.2, 0) is 11.2 Å². The smallest absolute Gasteiger partial charge is 0.247 e. The van der Waals surface area contributed by atoms with Crippen LogP contribution in [0.1, 0.15) is 36.8 Å². The van der Waals surface area contributed by atoms with Gasteiger partial charge in [-0.05, 0) is 73.5 Å². The van der Waals surface area contributed by atoms with E-state index in [1.807, 2.05) is 18.3 Å². The molecule has 2 unspecified atom stereocenters. The van der Waals surface area contributed by atoms with Crippen LogP contribution in [0.2, 0.25) is 5.02 Å². The molecule has 1 fully saturated rings. The number of fused-ring (bicyclic) bond motifs is 3. The summed E-state index contributed by atoms with van der Waals surface area (Å²) in [6.45, 7) is 1.86. The van der Waals surface area contributed by atoms with Gasteiger partial charge in [0.2, 0.25) is 5.91 Å². The lowest BCUT2D eigenvalue weighted by molar-refractivity contribution is -0.118. The summed E-state index contributed by atoms with van der Waals surface area (Å²) >= 11 is 6.03.